The van der Waals surface area contributed by atoms with Gasteiger partial charge < -0.3 is 9.80 Å². The maximum Gasteiger partial charge on any atom is 0.241 e. The van der Waals surface area contributed by atoms with Crippen molar-refractivity contribution in [2.45, 2.75) is 5.92 Å². The van der Waals surface area contributed by atoms with Crippen LogP contribution in [-0.4, -0.2) is 44.3 Å². The van der Waals surface area contributed by atoms with Gasteiger partial charge in [-0.15, -0.1) is 0 Å². The van der Waals surface area contributed by atoms with Crippen molar-refractivity contribution in [1.29, 1.82) is 0 Å². The first-order valence-corrected chi connectivity index (χ1v) is 5.56. The summed E-state index contributed by atoms with van der Waals surface area (Å²) in [7, 11) is 5.37. The lowest BCUT2D eigenvalue weighted by Gasteiger charge is -2.13. The van der Waals surface area contributed by atoms with Crippen LogP contribution in [0.15, 0.2) is 24.3 Å². The molecule has 1 unspecified atom stereocenters. The van der Waals surface area contributed by atoms with Gasteiger partial charge in [0.05, 0.1) is 6.54 Å². The zero-order valence-electron chi connectivity index (χ0n) is 10.3. The van der Waals surface area contributed by atoms with Crippen LogP contribution in [0, 0.1) is 0 Å². The highest BCUT2D eigenvalue weighted by molar-refractivity contribution is 6.18. The van der Waals surface area contributed by atoms with Gasteiger partial charge in [0.2, 0.25) is 5.91 Å². The Hall–Kier alpha value is -1.68. The van der Waals surface area contributed by atoms with Crippen molar-refractivity contribution in [3.8, 4) is 0 Å². The van der Waals surface area contributed by atoms with Gasteiger partial charge in [0.1, 0.15) is 5.92 Å². The number of likely N-dealkylation sites (N-methyl/N-ethyl adjacent to an activating group) is 2. The Bertz CT molecular complexity index is 468. The molecule has 0 fully saturated rings. The predicted octanol–water partition coefficient (Wildman–Crippen LogP) is 0.877. The standard InChI is InChI=1S/C13H16N2O2/c1-14(2)8-11(16)12-9-6-4-5-7-10(9)15(3)13(12)17/h4-7,12H,8H2,1-3H3. The van der Waals surface area contributed by atoms with Crippen LogP contribution in [0.1, 0.15) is 11.5 Å². The van der Waals surface area contributed by atoms with Gasteiger partial charge in [0.15, 0.2) is 5.78 Å². The molecule has 2 rings (SSSR count). The maximum atomic E-state index is 12.1. The summed E-state index contributed by atoms with van der Waals surface area (Å²) >= 11 is 0. The number of Topliss-reactive ketones (excluding diaryl/α,β-unsaturated/α-hetero) is 1. The molecule has 1 atom stereocenters. The molecule has 0 saturated carbocycles. The molecule has 4 nitrogen and oxygen atoms in total. The maximum absolute atomic E-state index is 12.1. The SMILES string of the molecule is CN(C)CC(=O)C1C(=O)N(C)c2ccccc21. The number of hydrogen-bond donors (Lipinski definition) is 0. The van der Waals surface area contributed by atoms with E-state index in [0.29, 0.717) is 6.54 Å². The van der Waals surface area contributed by atoms with E-state index in [1.54, 1.807) is 16.8 Å². The summed E-state index contributed by atoms with van der Waals surface area (Å²) in [6.07, 6.45) is 0. The van der Waals surface area contributed by atoms with Gasteiger partial charge in [0, 0.05) is 12.7 Å². The van der Waals surface area contributed by atoms with Gasteiger partial charge >= 0.3 is 0 Å². The van der Waals surface area contributed by atoms with E-state index in [4.69, 9.17) is 0 Å². The molecule has 1 aliphatic rings. The largest absolute Gasteiger partial charge is 0.314 e. The summed E-state index contributed by atoms with van der Waals surface area (Å²) in [6, 6.07) is 7.47. The number of ketones is 1. The predicted molar refractivity (Wildman–Crippen MR) is 66.2 cm³/mol. The van der Waals surface area contributed by atoms with Crippen molar-refractivity contribution in [1.82, 2.24) is 4.90 Å². The van der Waals surface area contributed by atoms with Gasteiger partial charge in [-0.3, -0.25) is 9.59 Å². The number of hydrogen-bond acceptors (Lipinski definition) is 3. The Morgan fingerprint density at radius 1 is 1.35 bits per heavy atom. The summed E-state index contributed by atoms with van der Waals surface area (Å²) in [5.41, 5.74) is 1.67. The van der Waals surface area contributed by atoms with E-state index in [9.17, 15) is 9.59 Å². The van der Waals surface area contributed by atoms with Crippen molar-refractivity contribution in [2.24, 2.45) is 0 Å². The van der Waals surface area contributed by atoms with Crippen molar-refractivity contribution in [3.05, 3.63) is 29.8 Å². The molecule has 1 aliphatic heterocycles. The van der Waals surface area contributed by atoms with Gasteiger partial charge in [-0.1, -0.05) is 18.2 Å². The third kappa shape index (κ3) is 1.96. The number of anilines is 1. The highest BCUT2D eigenvalue weighted by atomic mass is 16.2. The zero-order valence-corrected chi connectivity index (χ0v) is 10.3. The lowest BCUT2D eigenvalue weighted by Crippen LogP contribution is -2.33. The molecule has 0 spiro atoms. The van der Waals surface area contributed by atoms with E-state index in [2.05, 4.69) is 0 Å². The van der Waals surface area contributed by atoms with Crippen LogP contribution in [0.25, 0.3) is 0 Å². The lowest BCUT2D eigenvalue weighted by molar-refractivity contribution is -0.128. The smallest absolute Gasteiger partial charge is 0.241 e. The van der Waals surface area contributed by atoms with Gasteiger partial charge in [-0.25, -0.2) is 0 Å². The van der Waals surface area contributed by atoms with Crippen molar-refractivity contribution < 1.29 is 9.59 Å². The number of carbonyl (C=O) groups excluding carboxylic acids is 2. The first-order chi connectivity index (χ1) is 8.02. The van der Waals surface area contributed by atoms with Crippen LogP contribution in [0.5, 0.6) is 0 Å². The Labute approximate surface area is 101 Å². The molecule has 0 aromatic heterocycles. The molecule has 17 heavy (non-hydrogen) atoms. The summed E-state index contributed by atoms with van der Waals surface area (Å²) < 4.78 is 0. The second kappa shape index (κ2) is 4.30. The minimum atomic E-state index is -0.626. The molecular weight excluding hydrogens is 216 g/mol. The minimum absolute atomic E-state index is 0.0446. The fraction of sp³-hybridized carbons (Fsp3) is 0.385. The number of carbonyl (C=O) groups is 2. The van der Waals surface area contributed by atoms with E-state index in [0.717, 1.165) is 11.3 Å². The molecule has 0 saturated heterocycles. The van der Waals surface area contributed by atoms with E-state index in [-0.39, 0.29) is 11.7 Å². The quantitative estimate of drug-likeness (QED) is 0.726. The fourth-order valence-electron chi connectivity index (χ4n) is 2.20. The molecule has 4 heteroatoms. The highest BCUT2D eigenvalue weighted by Crippen LogP contribution is 2.36. The number of para-hydroxylation sites is 1. The van der Waals surface area contributed by atoms with Gasteiger partial charge in [-0.2, -0.15) is 0 Å². The van der Waals surface area contributed by atoms with Crippen LogP contribution < -0.4 is 4.90 Å². The molecule has 0 aliphatic carbocycles. The Balaban J connectivity index is 2.36. The topological polar surface area (TPSA) is 40.6 Å². The Kier molecular flexibility index (Phi) is 2.98. The fourth-order valence-corrected chi connectivity index (χ4v) is 2.20. The highest BCUT2D eigenvalue weighted by Gasteiger charge is 2.39. The van der Waals surface area contributed by atoms with Crippen LogP contribution >= 0.6 is 0 Å². The first-order valence-electron chi connectivity index (χ1n) is 5.56. The molecule has 0 N–H and O–H groups in total. The molecule has 1 aromatic rings. The van der Waals surface area contributed by atoms with E-state index < -0.39 is 5.92 Å². The third-order valence-corrected chi connectivity index (χ3v) is 2.98. The zero-order chi connectivity index (χ0) is 12.6. The molecular formula is C13H16N2O2. The van der Waals surface area contributed by atoms with E-state index in [1.165, 1.54) is 0 Å². The van der Waals surface area contributed by atoms with Crippen LogP contribution in [-0.2, 0) is 9.59 Å². The summed E-state index contributed by atoms with van der Waals surface area (Å²) in [6.45, 7) is 0.290. The molecule has 1 aromatic carbocycles. The Morgan fingerprint density at radius 3 is 2.65 bits per heavy atom. The number of amides is 1. The summed E-state index contributed by atoms with van der Waals surface area (Å²) in [5.74, 6) is -0.798. The molecule has 90 valence electrons. The van der Waals surface area contributed by atoms with E-state index in [1.807, 2.05) is 38.4 Å². The van der Waals surface area contributed by atoms with Crippen LogP contribution in [0.4, 0.5) is 5.69 Å². The van der Waals surface area contributed by atoms with Crippen LogP contribution in [0.3, 0.4) is 0 Å². The Morgan fingerprint density at radius 2 is 2.00 bits per heavy atom. The first kappa shape index (κ1) is 11.8. The summed E-state index contributed by atoms with van der Waals surface area (Å²) in [4.78, 5) is 27.5. The van der Waals surface area contributed by atoms with Crippen molar-refractivity contribution in [2.75, 3.05) is 32.6 Å². The van der Waals surface area contributed by atoms with Gasteiger partial charge in [0.25, 0.3) is 0 Å². The average molecular weight is 232 g/mol. The van der Waals surface area contributed by atoms with Gasteiger partial charge in [-0.05, 0) is 25.7 Å². The monoisotopic (exact) mass is 232 g/mol. The number of fused-ring (bicyclic) bond motifs is 1. The molecule has 1 heterocycles. The normalized spacial score (nSPS) is 18.7. The third-order valence-electron chi connectivity index (χ3n) is 2.98. The number of rotatable bonds is 3. The van der Waals surface area contributed by atoms with Crippen LogP contribution in [0.2, 0.25) is 0 Å². The number of nitrogens with zero attached hydrogens (tertiary/aromatic N) is 2. The lowest BCUT2D eigenvalue weighted by atomic mass is 9.96. The van der Waals surface area contributed by atoms with Crippen molar-refractivity contribution in [3.63, 3.8) is 0 Å². The van der Waals surface area contributed by atoms with Crippen molar-refractivity contribution >= 4 is 17.4 Å². The average Bonchev–Trinajstić information content (AvgIpc) is 2.51. The summed E-state index contributed by atoms with van der Waals surface area (Å²) in [5, 5.41) is 0. The number of benzene rings is 1. The molecule has 0 bridgehead atoms. The molecule has 0 radical (unpaired) electrons. The minimum Gasteiger partial charge on any atom is -0.314 e. The second-order valence-corrected chi connectivity index (χ2v) is 4.59. The van der Waals surface area contributed by atoms with E-state index >= 15 is 0 Å². The second-order valence-electron chi connectivity index (χ2n) is 4.59. The molecule has 1 amide bonds.